The smallest absolute Gasteiger partial charge is 0.314 e. The van der Waals surface area contributed by atoms with E-state index in [0.29, 0.717) is 18.3 Å². The number of hydrogen-bond acceptors (Lipinski definition) is 4. The van der Waals surface area contributed by atoms with Gasteiger partial charge in [-0.1, -0.05) is 13.3 Å². The molecule has 1 aromatic rings. The Labute approximate surface area is 125 Å². The van der Waals surface area contributed by atoms with Crippen molar-refractivity contribution in [1.29, 1.82) is 0 Å². The second-order valence-electron chi connectivity index (χ2n) is 6.12. The van der Waals surface area contributed by atoms with E-state index in [2.05, 4.69) is 21.9 Å². The zero-order valence-corrected chi connectivity index (χ0v) is 12.7. The van der Waals surface area contributed by atoms with Crippen molar-refractivity contribution in [2.45, 2.75) is 64.0 Å². The third-order valence-electron chi connectivity index (χ3n) is 4.79. The van der Waals surface area contributed by atoms with Gasteiger partial charge in [-0.2, -0.15) is 5.10 Å². The van der Waals surface area contributed by atoms with Crippen molar-refractivity contribution in [2.75, 3.05) is 13.1 Å². The fourth-order valence-electron chi connectivity index (χ4n) is 3.64. The minimum atomic E-state index is -0.775. The molecule has 3 heterocycles. The average molecular weight is 292 g/mol. The average Bonchev–Trinajstić information content (AvgIpc) is 2.89. The van der Waals surface area contributed by atoms with Crippen LogP contribution in [0.15, 0.2) is 0 Å². The second-order valence-corrected chi connectivity index (χ2v) is 6.12. The Morgan fingerprint density at radius 2 is 2.14 bits per heavy atom. The van der Waals surface area contributed by atoms with Crippen LogP contribution in [0.5, 0.6) is 0 Å². The highest BCUT2D eigenvalue weighted by atomic mass is 16.4. The number of carboxylic acid groups (broad SMARTS) is 1. The highest BCUT2D eigenvalue weighted by molar-refractivity contribution is 5.75. The molecule has 0 saturated carbocycles. The number of piperidine rings is 1. The van der Waals surface area contributed by atoms with E-state index in [1.165, 1.54) is 19.3 Å². The molecule has 1 N–H and O–H groups in total. The van der Waals surface area contributed by atoms with Crippen LogP contribution >= 0.6 is 0 Å². The number of carbonyl (C=O) groups is 1. The summed E-state index contributed by atoms with van der Waals surface area (Å²) in [7, 11) is 0. The van der Waals surface area contributed by atoms with Gasteiger partial charge in [-0.05, 0) is 38.8 Å². The van der Waals surface area contributed by atoms with E-state index in [9.17, 15) is 9.90 Å². The van der Waals surface area contributed by atoms with Crippen molar-refractivity contribution in [2.24, 2.45) is 0 Å². The molecule has 21 heavy (non-hydrogen) atoms. The molecule has 0 aliphatic carbocycles. The van der Waals surface area contributed by atoms with Crippen LogP contribution in [-0.2, 0) is 17.8 Å². The summed E-state index contributed by atoms with van der Waals surface area (Å²) in [6, 6.07) is 0.511. The van der Waals surface area contributed by atoms with Gasteiger partial charge < -0.3 is 10.0 Å². The van der Waals surface area contributed by atoms with Gasteiger partial charge >= 0.3 is 5.97 Å². The first kappa shape index (κ1) is 14.5. The van der Waals surface area contributed by atoms with Crippen LogP contribution in [0.1, 0.15) is 56.6 Å². The first-order valence-corrected chi connectivity index (χ1v) is 8.09. The Kier molecular flexibility index (Phi) is 4.24. The second kappa shape index (κ2) is 6.13. The third kappa shape index (κ3) is 2.95. The van der Waals surface area contributed by atoms with Gasteiger partial charge in [0.15, 0.2) is 5.82 Å². The van der Waals surface area contributed by atoms with E-state index in [-0.39, 0.29) is 0 Å². The molecule has 1 aromatic heterocycles. The molecule has 0 radical (unpaired) electrons. The lowest BCUT2D eigenvalue weighted by Crippen LogP contribution is -2.40. The molecule has 6 heteroatoms. The number of aromatic nitrogens is 3. The van der Waals surface area contributed by atoms with Crippen molar-refractivity contribution >= 4 is 5.97 Å². The lowest BCUT2D eigenvalue weighted by atomic mass is 9.99. The quantitative estimate of drug-likeness (QED) is 0.913. The molecule has 1 saturated heterocycles. The van der Waals surface area contributed by atoms with E-state index >= 15 is 0 Å². The van der Waals surface area contributed by atoms with Gasteiger partial charge in [0.2, 0.25) is 0 Å². The first-order valence-electron chi connectivity index (χ1n) is 8.09. The van der Waals surface area contributed by atoms with Gasteiger partial charge in [0, 0.05) is 19.0 Å². The SMILES string of the molecule is CCN1CCCCC1Cc1nc2n(n1)CCCC2C(=O)O. The first-order chi connectivity index (χ1) is 10.2. The molecule has 0 spiro atoms. The van der Waals surface area contributed by atoms with Crippen LogP contribution in [0.3, 0.4) is 0 Å². The van der Waals surface area contributed by atoms with Gasteiger partial charge in [0.25, 0.3) is 0 Å². The van der Waals surface area contributed by atoms with E-state index in [1.54, 1.807) is 0 Å². The maximum Gasteiger partial charge on any atom is 0.314 e. The molecule has 0 amide bonds. The van der Waals surface area contributed by atoms with Crippen molar-refractivity contribution in [3.8, 4) is 0 Å². The van der Waals surface area contributed by atoms with E-state index in [4.69, 9.17) is 0 Å². The molecular weight excluding hydrogens is 268 g/mol. The largest absolute Gasteiger partial charge is 0.481 e. The zero-order valence-electron chi connectivity index (χ0n) is 12.7. The van der Waals surface area contributed by atoms with Crippen LogP contribution < -0.4 is 0 Å². The summed E-state index contributed by atoms with van der Waals surface area (Å²) in [6.45, 7) is 5.22. The van der Waals surface area contributed by atoms with Gasteiger partial charge in [-0.15, -0.1) is 0 Å². The molecule has 0 bridgehead atoms. The summed E-state index contributed by atoms with van der Waals surface area (Å²) < 4.78 is 1.82. The summed E-state index contributed by atoms with van der Waals surface area (Å²) in [6.07, 6.45) is 6.14. The third-order valence-corrected chi connectivity index (χ3v) is 4.79. The van der Waals surface area contributed by atoms with Crippen LogP contribution in [0, 0.1) is 0 Å². The number of likely N-dealkylation sites (tertiary alicyclic amines) is 1. The lowest BCUT2D eigenvalue weighted by Gasteiger charge is -2.34. The highest BCUT2D eigenvalue weighted by Gasteiger charge is 2.31. The molecule has 2 aliphatic heterocycles. The number of nitrogens with zero attached hydrogens (tertiary/aromatic N) is 4. The van der Waals surface area contributed by atoms with Gasteiger partial charge in [-0.3, -0.25) is 4.79 Å². The fourth-order valence-corrected chi connectivity index (χ4v) is 3.64. The van der Waals surface area contributed by atoms with Crippen LogP contribution in [0.2, 0.25) is 0 Å². The fraction of sp³-hybridized carbons (Fsp3) is 0.800. The molecule has 1 fully saturated rings. The maximum absolute atomic E-state index is 11.3. The van der Waals surface area contributed by atoms with Crippen molar-refractivity contribution in [3.05, 3.63) is 11.6 Å². The van der Waals surface area contributed by atoms with Crippen LogP contribution in [0.4, 0.5) is 0 Å². The number of aryl methyl sites for hydroxylation is 1. The molecule has 2 atom stereocenters. The van der Waals surface area contributed by atoms with Crippen molar-refractivity contribution in [1.82, 2.24) is 19.7 Å². The van der Waals surface area contributed by atoms with Gasteiger partial charge in [0.1, 0.15) is 11.7 Å². The molecule has 0 aromatic carbocycles. The number of aliphatic carboxylic acids is 1. The summed E-state index contributed by atoms with van der Waals surface area (Å²) in [5.41, 5.74) is 0. The predicted octanol–water partition coefficient (Wildman–Crippen LogP) is 1.66. The Morgan fingerprint density at radius 1 is 1.29 bits per heavy atom. The van der Waals surface area contributed by atoms with E-state index in [0.717, 1.165) is 38.3 Å². The number of carboxylic acids is 1. The molecule has 6 nitrogen and oxygen atoms in total. The van der Waals surface area contributed by atoms with Crippen molar-refractivity contribution < 1.29 is 9.90 Å². The standard InChI is InChI=1S/C15H24N4O2/c1-2-18-8-4-3-6-11(18)10-13-16-14-12(15(20)21)7-5-9-19(14)17-13/h11-12H,2-10H2,1H3,(H,20,21). The zero-order chi connectivity index (χ0) is 14.8. The molecule has 2 unspecified atom stereocenters. The Balaban J connectivity index is 1.76. The topological polar surface area (TPSA) is 71.2 Å². The van der Waals surface area contributed by atoms with Gasteiger partial charge in [-0.25, -0.2) is 9.67 Å². The molecular formula is C15H24N4O2. The molecule has 116 valence electrons. The summed E-state index contributed by atoms with van der Waals surface area (Å²) in [4.78, 5) is 18.4. The van der Waals surface area contributed by atoms with Crippen LogP contribution in [0.25, 0.3) is 0 Å². The minimum Gasteiger partial charge on any atom is -0.481 e. The Bertz CT molecular complexity index is 514. The van der Waals surface area contributed by atoms with E-state index in [1.807, 2.05) is 4.68 Å². The van der Waals surface area contributed by atoms with Crippen LogP contribution in [-0.4, -0.2) is 49.9 Å². The van der Waals surface area contributed by atoms with E-state index < -0.39 is 11.9 Å². The van der Waals surface area contributed by atoms with Crippen molar-refractivity contribution in [3.63, 3.8) is 0 Å². The number of hydrogen-bond donors (Lipinski definition) is 1. The highest BCUT2D eigenvalue weighted by Crippen LogP contribution is 2.26. The number of fused-ring (bicyclic) bond motifs is 1. The summed E-state index contributed by atoms with van der Waals surface area (Å²) in [5, 5.41) is 13.9. The normalized spacial score (nSPS) is 26.5. The Morgan fingerprint density at radius 3 is 2.90 bits per heavy atom. The molecule has 3 rings (SSSR count). The summed E-state index contributed by atoms with van der Waals surface area (Å²) in [5.74, 6) is 0.225. The van der Waals surface area contributed by atoms with Gasteiger partial charge in [0.05, 0.1) is 0 Å². The molecule has 2 aliphatic rings. The Hall–Kier alpha value is -1.43. The predicted molar refractivity (Wildman–Crippen MR) is 78.2 cm³/mol. The number of rotatable bonds is 4. The minimum absolute atomic E-state index is 0.478. The monoisotopic (exact) mass is 292 g/mol. The number of likely N-dealkylation sites (N-methyl/N-ethyl adjacent to an activating group) is 1. The maximum atomic E-state index is 11.3. The lowest BCUT2D eigenvalue weighted by molar-refractivity contribution is -0.139. The summed E-state index contributed by atoms with van der Waals surface area (Å²) >= 11 is 0.